The second-order valence-corrected chi connectivity index (χ2v) is 6.64. The van der Waals surface area contributed by atoms with Gasteiger partial charge in [0.2, 0.25) is 0 Å². The van der Waals surface area contributed by atoms with Crippen LogP contribution in [0.5, 0.6) is 0 Å². The molecule has 27 heavy (non-hydrogen) atoms. The van der Waals surface area contributed by atoms with Crippen molar-refractivity contribution in [1.29, 1.82) is 0 Å². The predicted octanol–water partition coefficient (Wildman–Crippen LogP) is 3.15. The summed E-state index contributed by atoms with van der Waals surface area (Å²) in [6.07, 6.45) is 1.90. The summed E-state index contributed by atoms with van der Waals surface area (Å²) < 4.78 is 14.9. The number of rotatable bonds is 6. The number of hydrogen-bond acceptors (Lipinski definition) is 3. The normalized spacial score (nSPS) is 16.0. The number of halogens is 1. The number of nitrogens with one attached hydrogen (secondary N) is 2. The molecule has 1 unspecified atom stereocenters. The summed E-state index contributed by atoms with van der Waals surface area (Å²) in [6, 6.07) is 18.3. The molecule has 0 spiro atoms. The van der Waals surface area contributed by atoms with Crippen LogP contribution in [-0.4, -0.2) is 28.8 Å². The highest BCUT2D eigenvalue weighted by Crippen LogP contribution is 2.23. The summed E-state index contributed by atoms with van der Waals surface area (Å²) in [5.74, 6) is -0.434. The average molecular weight is 364 g/mol. The molecule has 0 saturated heterocycles. The van der Waals surface area contributed by atoms with E-state index in [1.807, 2.05) is 18.2 Å². The van der Waals surface area contributed by atoms with Gasteiger partial charge in [-0.25, -0.2) is 9.07 Å². The second kappa shape index (κ2) is 7.72. The van der Waals surface area contributed by atoms with Crippen LogP contribution in [0.1, 0.15) is 28.6 Å². The lowest BCUT2D eigenvalue weighted by Crippen LogP contribution is -2.45. The van der Waals surface area contributed by atoms with Crippen molar-refractivity contribution in [2.24, 2.45) is 0 Å². The SMILES string of the molecule is O=C1NCC(NCCCc2ccccc2)n2nc(-c3ccc(F)cc3)cc21. The van der Waals surface area contributed by atoms with Crippen molar-refractivity contribution < 1.29 is 9.18 Å². The van der Waals surface area contributed by atoms with Gasteiger partial charge < -0.3 is 5.32 Å². The van der Waals surface area contributed by atoms with Gasteiger partial charge in [-0.3, -0.25) is 10.1 Å². The number of carbonyl (C=O) groups is 1. The number of hydrogen-bond donors (Lipinski definition) is 2. The van der Waals surface area contributed by atoms with Crippen LogP contribution in [-0.2, 0) is 6.42 Å². The summed E-state index contributed by atoms with van der Waals surface area (Å²) in [6.45, 7) is 1.31. The lowest BCUT2D eigenvalue weighted by molar-refractivity contribution is 0.0900. The Kier molecular flexibility index (Phi) is 4.98. The van der Waals surface area contributed by atoms with Crippen molar-refractivity contribution in [2.75, 3.05) is 13.1 Å². The monoisotopic (exact) mass is 364 g/mol. The fourth-order valence-electron chi connectivity index (χ4n) is 3.29. The molecule has 1 aliphatic rings. The van der Waals surface area contributed by atoms with E-state index in [0.717, 1.165) is 24.9 Å². The largest absolute Gasteiger partial charge is 0.347 e. The molecule has 2 heterocycles. The van der Waals surface area contributed by atoms with Gasteiger partial charge in [0.05, 0.1) is 12.2 Å². The number of benzene rings is 2. The second-order valence-electron chi connectivity index (χ2n) is 6.64. The van der Waals surface area contributed by atoms with Crippen LogP contribution in [0.4, 0.5) is 4.39 Å². The highest BCUT2D eigenvalue weighted by molar-refractivity contribution is 5.94. The molecule has 1 amide bonds. The van der Waals surface area contributed by atoms with Crippen LogP contribution in [0.2, 0.25) is 0 Å². The molecule has 1 atom stereocenters. The van der Waals surface area contributed by atoms with E-state index in [9.17, 15) is 9.18 Å². The molecule has 0 saturated carbocycles. The molecule has 0 aliphatic carbocycles. The molecular weight excluding hydrogens is 343 g/mol. The zero-order valence-corrected chi connectivity index (χ0v) is 14.9. The van der Waals surface area contributed by atoms with Gasteiger partial charge in [0, 0.05) is 5.56 Å². The van der Waals surface area contributed by atoms with E-state index in [2.05, 4.69) is 27.9 Å². The number of amides is 1. The first-order valence-corrected chi connectivity index (χ1v) is 9.12. The lowest BCUT2D eigenvalue weighted by Gasteiger charge is -2.25. The van der Waals surface area contributed by atoms with Crippen molar-refractivity contribution >= 4 is 5.91 Å². The Morgan fingerprint density at radius 3 is 2.70 bits per heavy atom. The van der Waals surface area contributed by atoms with Gasteiger partial charge in [-0.15, -0.1) is 0 Å². The van der Waals surface area contributed by atoms with Crippen molar-refractivity contribution in [2.45, 2.75) is 19.0 Å². The van der Waals surface area contributed by atoms with Crippen LogP contribution in [0.15, 0.2) is 60.7 Å². The summed E-state index contributed by atoms with van der Waals surface area (Å²) in [5.41, 5.74) is 3.28. The van der Waals surface area contributed by atoms with Crippen molar-refractivity contribution in [3.8, 4) is 11.3 Å². The van der Waals surface area contributed by atoms with Crippen LogP contribution in [0.3, 0.4) is 0 Å². The van der Waals surface area contributed by atoms with E-state index in [0.29, 0.717) is 17.9 Å². The maximum Gasteiger partial charge on any atom is 0.269 e. The van der Waals surface area contributed by atoms with Gasteiger partial charge in [-0.2, -0.15) is 5.10 Å². The average Bonchev–Trinajstić information content (AvgIpc) is 3.15. The zero-order chi connectivity index (χ0) is 18.6. The zero-order valence-electron chi connectivity index (χ0n) is 14.9. The molecule has 6 heteroatoms. The summed E-state index contributed by atoms with van der Waals surface area (Å²) in [5, 5.41) is 11.0. The molecule has 0 fully saturated rings. The van der Waals surface area contributed by atoms with Crippen molar-refractivity contribution in [3.63, 3.8) is 0 Å². The quantitative estimate of drug-likeness (QED) is 0.661. The Balaban J connectivity index is 1.44. The first-order valence-electron chi connectivity index (χ1n) is 9.12. The van der Waals surface area contributed by atoms with Gasteiger partial charge in [-0.1, -0.05) is 30.3 Å². The number of nitrogens with zero attached hydrogens (tertiary/aromatic N) is 2. The molecule has 1 aliphatic heterocycles. The third kappa shape index (κ3) is 3.90. The molecule has 4 rings (SSSR count). The lowest BCUT2D eigenvalue weighted by atomic mass is 10.1. The van der Waals surface area contributed by atoms with Gasteiger partial charge in [0.25, 0.3) is 5.91 Å². The highest BCUT2D eigenvalue weighted by atomic mass is 19.1. The van der Waals surface area contributed by atoms with E-state index in [-0.39, 0.29) is 17.9 Å². The molecule has 5 nitrogen and oxygen atoms in total. The van der Waals surface area contributed by atoms with E-state index in [4.69, 9.17) is 0 Å². The Morgan fingerprint density at radius 1 is 1.15 bits per heavy atom. The van der Waals surface area contributed by atoms with Gasteiger partial charge >= 0.3 is 0 Å². The summed E-state index contributed by atoms with van der Waals surface area (Å²) in [7, 11) is 0. The fourth-order valence-corrected chi connectivity index (χ4v) is 3.29. The minimum Gasteiger partial charge on any atom is -0.347 e. The Bertz CT molecular complexity index is 921. The first-order chi connectivity index (χ1) is 13.2. The van der Waals surface area contributed by atoms with Gasteiger partial charge in [0.15, 0.2) is 0 Å². The van der Waals surface area contributed by atoms with Crippen LogP contribution in [0.25, 0.3) is 11.3 Å². The Hall–Kier alpha value is -2.99. The first kappa shape index (κ1) is 17.4. The smallest absolute Gasteiger partial charge is 0.269 e. The van der Waals surface area contributed by atoms with E-state index >= 15 is 0 Å². The molecule has 2 aromatic carbocycles. The Morgan fingerprint density at radius 2 is 1.93 bits per heavy atom. The maximum absolute atomic E-state index is 13.1. The van der Waals surface area contributed by atoms with Crippen LogP contribution < -0.4 is 10.6 Å². The third-order valence-electron chi connectivity index (χ3n) is 4.72. The standard InChI is InChI=1S/C21H21FN4O/c22-17-10-8-16(9-11-17)18-13-19-21(27)24-14-20(26(19)25-18)23-12-4-7-15-5-2-1-3-6-15/h1-3,5-6,8-11,13,20,23H,4,7,12,14H2,(H,24,27). The maximum atomic E-state index is 13.1. The molecular formula is C21H21FN4O. The van der Waals surface area contributed by atoms with E-state index < -0.39 is 0 Å². The van der Waals surface area contributed by atoms with Gasteiger partial charge in [0.1, 0.15) is 17.7 Å². The van der Waals surface area contributed by atoms with Crippen molar-refractivity contribution in [1.82, 2.24) is 20.4 Å². The fraction of sp³-hybridized carbons (Fsp3) is 0.238. The Labute approximate surface area is 157 Å². The minimum absolute atomic E-state index is 0.0947. The topological polar surface area (TPSA) is 59.0 Å². The molecule has 3 aromatic rings. The number of aromatic nitrogens is 2. The minimum atomic E-state index is -0.293. The summed E-state index contributed by atoms with van der Waals surface area (Å²) >= 11 is 0. The molecule has 2 N–H and O–H groups in total. The summed E-state index contributed by atoms with van der Waals surface area (Å²) in [4.78, 5) is 12.2. The van der Waals surface area contributed by atoms with Crippen molar-refractivity contribution in [3.05, 3.63) is 77.7 Å². The van der Waals surface area contributed by atoms with Crippen LogP contribution in [0, 0.1) is 5.82 Å². The number of aryl methyl sites for hydroxylation is 1. The van der Waals surface area contributed by atoms with E-state index in [1.165, 1.54) is 17.7 Å². The number of carbonyl (C=O) groups excluding carboxylic acids is 1. The molecule has 1 aromatic heterocycles. The van der Waals surface area contributed by atoms with E-state index in [1.54, 1.807) is 22.9 Å². The third-order valence-corrected chi connectivity index (χ3v) is 4.72. The molecule has 138 valence electrons. The molecule has 0 radical (unpaired) electrons. The molecule has 0 bridgehead atoms. The predicted molar refractivity (Wildman–Crippen MR) is 102 cm³/mol. The van der Waals surface area contributed by atoms with Crippen LogP contribution >= 0.6 is 0 Å². The van der Waals surface area contributed by atoms with Gasteiger partial charge in [-0.05, 0) is 55.3 Å². The highest BCUT2D eigenvalue weighted by Gasteiger charge is 2.26. The number of fused-ring (bicyclic) bond motifs is 1.